The molecule has 6 rings (SSSR count). The van der Waals surface area contributed by atoms with Gasteiger partial charge in [-0.25, -0.2) is 14.2 Å². The molecule has 0 radical (unpaired) electrons. The lowest BCUT2D eigenvalue weighted by Gasteiger charge is -2.23. The fraction of sp³-hybridized carbons (Fsp3) is 0.138. The molecule has 0 saturated heterocycles. The number of amides is 2. The summed E-state index contributed by atoms with van der Waals surface area (Å²) >= 11 is 0. The Morgan fingerprint density at radius 2 is 1.81 bits per heavy atom. The molecule has 0 aliphatic carbocycles. The standard InChI is InChI=1S/C29H24N8O5S/c1-5-17-12-13-19-21-20(17)29(40)37(18-10-7-6-8-11-18)24(22(21)28(39)35(19)4)16(2)32-27(38)23-25(34-43(41,42)30-3)33-36-15-9-14-31-26(23)36/h1,6-16,30H,2-4H3,(H,32,38)(H,33,34)/t16-/m0/s1. The maximum atomic E-state index is 14.2. The van der Waals surface area contributed by atoms with Gasteiger partial charge in [-0.1, -0.05) is 24.1 Å². The lowest BCUT2D eigenvalue weighted by Crippen LogP contribution is -2.35. The monoisotopic (exact) mass is 596 g/mol. The van der Waals surface area contributed by atoms with Crippen molar-refractivity contribution in [3.05, 3.63) is 93.7 Å². The molecule has 14 heteroatoms. The van der Waals surface area contributed by atoms with E-state index in [1.165, 1.54) is 33.4 Å². The van der Waals surface area contributed by atoms with Crippen LogP contribution in [-0.4, -0.2) is 53.5 Å². The van der Waals surface area contributed by atoms with Crippen LogP contribution in [0.3, 0.4) is 0 Å². The van der Waals surface area contributed by atoms with Crippen molar-refractivity contribution in [3.8, 4) is 18.0 Å². The highest BCUT2D eigenvalue weighted by Crippen LogP contribution is 2.40. The molecular formula is C29H24N8O5S. The Balaban J connectivity index is 1.57. The van der Waals surface area contributed by atoms with E-state index < -0.39 is 27.7 Å². The molecule has 3 aromatic heterocycles. The quantitative estimate of drug-likeness (QED) is 0.242. The first kappa shape index (κ1) is 27.6. The average molecular weight is 597 g/mol. The minimum Gasteiger partial charge on any atom is -0.344 e. The first-order valence-corrected chi connectivity index (χ1v) is 14.5. The highest BCUT2D eigenvalue weighted by Gasteiger charge is 2.37. The summed E-state index contributed by atoms with van der Waals surface area (Å²) in [5.41, 5.74) is 1.22. The number of pyridine rings is 1. The third-order valence-electron chi connectivity index (χ3n) is 7.28. The highest BCUT2D eigenvalue weighted by molar-refractivity contribution is 7.90. The van der Waals surface area contributed by atoms with Gasteiger partial charge in [-0.2, -0.15) is 8.42 Å². The number of nitrogens with one attached hydrogen (secondary N) is 3. The summed E-state index contributed by atoms with van der Waals surface area (Å²) in [5.74, 6) is 1.17. The van der Waals surface area contributed by atoms with Crippen molar-refractivity contribution in [1.82, 2.24) is 29.2 Å². The van der Waals surface area contributed by atoms with Gasteiger partial charge in [0.05, 0.1) is 28.4 Å². The number of carbonyl (C=O) groups excluding carboxylic acids is 2. The third kappa shape index (κ3) is 4.30. The second-order valence-corrected chi connectivity index (χ2v) is 11.4. The van der Waals surface area contributed by atoms with Crippen LogP contribution in [0.1, 0.15) is 44.9 Å². The van der Waals surface area contributed by atoms with Crippen LogP contribution < -0.4 is 25.2 Å². The lowest BCUT2D eigenvalue weighted by molar-refractivity contribution is 0.0935. The number of terminal acetylenes is 1. The summed E-state index contributed by atoms with van der Waals surface area (Å²) in [5, 5.41) is 7.64. The molecule has 4 heterocycles. The predicted molar refractivity (Wildman–Crippen MR) is 161 cm³/mol. The van der Waals surface area contributed by atoms with Crippen molar-refractivity contribution in [2.45, 2.75) is 13.0 Å². The zero-order valence-electron chi connectivity index (χ0n) is 23.1. The van der Waals surface area contributed by atoms with Gasteiger partial charge < -0.3 is 10.2 Å². The van der Waals surface area contributed by atoms with Gasteiger partial charge in [0, 0.05) is 43.1 Å². The molecule has 13 nitrogen and oxygen atoms in total. The zero-order chi connectivity index (χ0) is 30.6. The van der Waals surface area contributed by atoms with Crippen LogP contribution in [0.25, 0.3) is 22.1 Å². The molecule has 5 aromatic rings. The number of aromatic nitrogens is 4. The van der Waals surface area contributed by atoms with Crippen molar-refractivity contribution in [3.63, 3.8) is 0 Å². The van der Waals surface area contributed by atoms with E-state index in [0.717, 1.165) is 0 Å². The largest absolute Gasteiger partial charge is 0.344 e. The molecule has 2 amide bonds. The maximum absolute atomic E-state index is 14.2. The van der Waals surface area contributed by atoms with Gasteiger partial charge in [0.15, 0.2) is 11.5 Å². The van der Waals surface area contributed by atoms with E-state index in [1.807, 2.05) is 0 Å². The fourth-order valence-electron chi connectivity index (χ4n) is 5.35. The van der Waals surface area contributed by atoms with Crippen LogP contribution >= 0.6 is 0 Å². The number of rotatable bonds is 7. The van der Waals surface area contributed by atoms with Gasteiger partial charge in [0.1, 0.15) is 5.56 Å². The SMILES string of the molecule is C#Cc1ccc2c3c(c([C@H](C)NC(=O)c4c(NS(=O)(=O)NC)nn5cccnc45)n(-c4ccccc4)c(=O)c13)C(=O)N2C. The van der Waals surface area contributed by atoms with Gasteiger partial charge in [-0.15, -0.1) is 11.5 Å². The number of benzene rings is 2. The minimum atomic E-state index is -4.05. The Bertz CT molecular complexity index is 2200. The Kier molecular flexibility index (Phi) is 6.48. The van der Waals surface area contributed by atoms with E-state index >= 15 is 0 Å². The molecule has 0 bridgehead atoms. The molecule has 216 valence electrons. The second kappa shape index (κ2) is 10.1. The minimum absolute atomic E-state index is 0.0845. The number of fused-ring (bicyclic) bond motifs is 1. The molecule has 3 N–H and O–H groups in total. The lowest BCUT2D eigenvalue weighted by atomic mass is 9.97. The van der Waals surface area contributed by atoms with E-state index in [2.05, 4.69) is 30.8 Å². The van der Waals surface area contributed by atoms with Gasteiger partial charge in [0.25, 0.3) is 27.6 Å². The van der Waals surface area contributed by atoms with E-state index in [9.17, 15) is 22.8 Å². The van der Waals surface area contributed by atoms with Crippen LogP contribution in [0.15, 0.2) is 65.7 Å². The smallest absolute Gasteiger partial charge is 0.300 e. The predicted octanol–water partition coefficient (Wildman–Crippen LogP) is 1.97. The van der Waals surface area contributed by atoms with Crippen molar-refractivity contribution < 1.29 is 18.0 Å². The molecule has 43 heavy (non-hydrogen) atoms. The normalized spacial score (nSPS) is 13.3. The number of anilines is 2. The molecule has 0 spiro atoms. The number of para-hydroxylation sites is 1. The summed E-state index contributed by atoms with van der Waals surface area (Å²) in [7, 11) is -1.24. The Labute approximate surface area is 245 Å². The molecule has 0 fully saturated rings. The van der Waals surface area contributed by atoms with Crippen LogP contribution in [0.2, 0.25) is 0 Å². The summed E-state index contributed by atoms with van der Waals surface area (Å²) in [4.78, 5) is 47.5. The van der Waals surface area contributed by atoms with E-state index in [1.54, 1.807) is 62.5 Å². The van der Waals surface area contributed by atoms with Gasteiger partial charge in [-0.05, 0) is 37.3 Å². The van der Waals surface area contributed by atoms with E-state index in [-0.39, 0.29) is 39.6 Å². The number of carbonyl (C=O) groups is 2. The third-order valence-corrected chi connectivity index (χ3v) is 8.28. The summed E-state index contributed by atoms with van der Waals surface area (Å²) in [6, 6.07) is 12.6. The summed E-state index contributed by atoms with van der Waals surface area (Å²) < 4.78 is 31.6. The van der Waals surface area contributed by atoms with Crippen LogP contribution in [-0.2, 0) is 10.2 Å². The number of hydrogen-bond acceptors (Lipinski definition) is 7. The Hall–Kier alpha value is -5.52. The van der Waals surface area contributed by atoms with Crippen LogP contribution in [0.5, 0.6) is 0 Å². The first-order valence-electron chi connectivity index (χ1n) is 13.0. The van der Waals surface area contributed by atoms with Gasteiger partial charge in [0.2, 0.25) is 0 Å². The molecule has 0 unspecified atom stereocenters. The van der Waals surface area contributed by atoms with Gasteiger partial charge >= 0.3 is 0 Å². The fourth-order valence-corrected chi connectivity index (χ4v) is 5.85. The summed E-state index contributed by atoms with van der Waals surface area (Å²) in [6.07, 6.45) is 8.72. The van der Waals surface area contributed by atoms with E-state index in [0.29, 0.717) is 22.3 Å². The van der Waals surface area contributed by atoms with Crippen molar-refractivity contribution in [2.24, 2.45) is 0 Å². The van der Waals surface area contributed by atoms with Crippen LogP contribution in [0, 0.1) is 12.3 Å². The second-order valence-electron chi connectivity index (χ2n) is 9.74. The molecule has 1 aliphatic heterocycles. The maximum Gasteiger partial charge on any atom is 0.300 e. The van der Waals surface area contributed by atoms with Crippen molar-refractivity contribution in [2.75, 3.05) is 23.7 Å². The molecule has 0 saturated carbocycles. The number of nitrogens with zero attached hydrogens (tertiary/aromatic N) is 5. The Morgan fingerprint density at radius 1 is 1.07 bits per heavy atom. The average Bonchev–Trinajstić information content (AvgIpc) is 3.48. The van der Waals surface area contributed by atoms with Crippen LogP contribution in [0.4, 0.5) is 11.5 Å². The number of hydrogen-bond donors (Lipinski definition) is 3. The van der Waals surface area contributed by atoms with Crippen molar-refractivity contribution in [1.29, 1.82) is 0 Å². The van der Waals surface area contributed by atoms with E-state index in [4.69, 9.17) is 6.42 Å². The molecule has 2 aromatic carbocycles. The van der Waals surface area contributed by atoms with Crippen molar-refractivity contribution >= 4 is 49.9 Å². The summed E-state index contributed by atoms with van der Waals surface area (Å²) in [6.45, 7) is 1.63. The topological polar surface area (TPSA) is 160 Å². The molecular weight excluding hydrogens is 572 g/mol. The zero-order valence-corrected chi connectivity index (χ0v) is 23.9. The van der Waals surface area contributed by atoms with Gasteiger partial charge in [-0.3, -0.25) is 23.7 Å². The first-order chi connectivity index (χ1) is 20.6. The molecule has 1 atom stereocenters. The highest BCUT2D eigenvalue weighted by atomic mass is 32.2. The Morgan fingerprint density at radius 3 is 2.51 bits per heavy atom. The molecule has 1 aliphatic rings.